The number of halogens is 2. The molecule has 104 valence electrons. The smallest absolute Gasteiger partial charge is 0.258 e. The van der Waals surface area contributed by atoms with Gasteiger partial charge in [0.1, 0.15) is 5.75 Å². The molecule has 0 aliphatic carbocycles. The third-order valence-corrected chi connectivity index (χ3v) is 3.31. The number of carbonyl (C=O) groups is 1. The van der Waals surface area contributed by atoms with Crippen LogP contribution in [0.4, 0.5) is 5.69 Å². The number of rotatable bonds is 2. The van der Waals surface area contributed by atoms with Gasteiger partial charge < -0.3 is 10.4 Å². The van der Waals surface area contributed by atoms with Crippen molar-refractivity contribution in [3.8, 4) is 5.75 Å². The lowest BCUT2D eigenvalue weighted by Crippen LogP contribution is -2.14. The van der Waals surface area contributed by atoms with E-state index in [0.29, 0.717) is 11.3 Å². The number of benzene rings is 1. The van der Waals surface area contributed by atoms with Crippen LogP contribution in [0, 0.1) is 13.8 Å². The average Bonchev–Trinajstić information content (AvgIpc) is 2.42. The minimum Gasteiger partial charge on any atom is -0.507 e. The van der Waals surface area contributed by atoms with E-state index >= 15 is 0 Å². The Bertz CT molecular complexity index is 690. The summed E-state index contributed by atoms with van der Waals surface area (Å²) in [4.78, 5) is 12.1. The van der Waals surface area contributed by atoms with E-state index in [1.807, 2.05) is 0 Å². The maximum Gasteiger partial charge on any atom is 0.258 e. The van der Waals surface area contributed by atoms with Crippen molar-refractivity contribution in [3.05, 3.63) is 45.2 Å². The van der Waals surface area contributed by atoms with Gasteiger partial charge in [-0.05, 0) is 31.5 Å². The molecule has 2 N–H and O–H groups in total. The zero-order chi connectivity index (χ0) is 14.9. The first-order chi connectivity index (χ1) is 9.40. The molecule has 0 aliphatic heterocycles. The Morgan fingerprint density at radius 2 is 1.95 bits per heavy atom. The number of hydrogen-bond donors (Lipinski definition) is 2. The highest BCUT2D eigenvalue weighted by molar-refractivity contribution is 6.34. The summed E-state index contributed by atoms with van der Waals surface area (Å²) >= 11 is 11.5. The number of aryl methyl sites for hydroxylation is 1. The Morgan fingerprint density at radius 3 is 2.65 bits per heavy atom. The number of anilines is 1. The van der Waals surface area contributed by atoms with E-state index in [1.54, 1.807) is 26.0 Å². The molecular weight excluding hydrogens is 301 g/mol. The molecule has 7 heteroatoms. The topological polar surface area (TPSA) is 75.1 Å². The molecule has 0 aliphatic rings. The van der Waals surface area contributed by atoms with Gasteiger partial charge in [0, 0.05) is 11.3 Å². The van der Waals surface area contributed by atoms with Gasteiger partial charge in [0.25, 0.3) is 5.91 Å². The van der Waals surface area contributed by atoms with Crippen molar-refractivity contribution >= 4 is 34.8 Å². The summed E-state index contributed by atoms with van der Waals surface area (Å²) in [7, 11) is 0. The molecule has 20 heavy (non-hydrogen) atoms. The van der Waals surface area contributed by atoms with Crippen LogP contribution in [0.2, 0.25) is 10.3 Å². The minimum absolute atomic E-state index is 0.0408. The van der Waals surface area contributed by atoms with Gasteiger partial charge >= 0.3 is 0 Å². The third-order valence-electron chi connectivity index (χ3n) is 2.84. The van der Waals surface area contributed by atoms with E-state index in [0.717, 1.165) is 5.56 Å². The van der Waals surface area contributed by atoms with Crippen LogP contribution in [0.1, 0.15) is 21.5 Å². The third kappa shape index (κ3) is 2.84. The average molecular weight is 312 g/mol. The predicted octanol–water partition coefficient (Wildman–Crippen LogP) is 3.36. The van der Waals surface area contributed by atoms with Crippen molar-refractivity contribution in [2.24, 2.45) is 0 Å². The molecule has 0 saturated heterocycles. The van der Waals surface area contributed by atoms with Gasteiger partial charge in [-0.1, -0.05) is 29.3 Å². The Morgan fingerprint density at radius 1 is 1.25 bits per heavy atom. The summed E-state index contributed by atoms with van der Waals surface area (Å²) in [5, 5.41) is 19.6. The van der Waals surface area contributed by atoms with Gasteiger partial charge in [0.2, 0.25) is 0 Å². The Kier molecular flexibility index (Phi) is 4.11. The number of hydrogen-bond acceptors (Lipinski definition) is 4. The molecule has 0 atom stereocenters. The van der Waals surface area contributed by atoms with Crippen LogP contribution in [0.5, 0.6) is 5.75 Å². The predicted molar refractivity (Wildman–Crippen MR) is 77.6 cm³/mol. The van der Waals surface area contributed by atoms with Crippen LogP contribution < -0.4 is 5.32 Å². The van der Waals surface area contributed by atoms with Crippen molar-refractivity contribution in [2.45, 2.75) is 13.8 Å². The van der Waals surface area contributed by atoms with Gasteiger partial charge in [-0.2, -0.15) is 0 Å². The zero-order valence-corrected chi connectivity index (χ0v) is 12.2. The number of phenols is 1. The summed E-state index contributed by atoms with van der Waals surface area (Å²) in [5.41, 5.74) is 1.91. The molecule has 0 radical (unpaired) electrons. The zero-order valence-electron chi connectivity index (χ0n) is 10.7. The second-order valence-corrected chi connectivity index (χ2v) is 4.97. The second-order valence-electron chi connectivity index (χ2n) is 4.23. The van der Waals surface area contributed by atoms with Crippen LogP contribution >= 0.6 is 23.2 Å². The van der Waals surface area contributed by atoms with Crippen LogP contribution in [-0.4, -0.2) is 21.2 Å². The molecule has 0 bridgehead atoms. The molecule has 1 aromatic heterocycles. The number of phenolic OH excluding ortho intramolecular Hbond substituents is 1. The SMILES string of the molecule is Cc1ccc(NC(=O)c2cc(Cl)nnc2Cl)c(C)c1O. The van der Waals surface area contributed by atoms with E-state index in [4.69, 9.17) is 23.2 Å². The van der Waals surface area contributed by atoms with Gasteiger partial charge in [-0.3, -0.25) is 4.79 Å². The number of nitrogens with zero attached hydrogens (tertiary/aromatic N) is 2. The van der Waals surface area contributed by atoms with Crippen molar-refractivity contribution < 1.29 is 9.90 Å². The quantitative estimate of drug-likeness (QED) is 0.891. The summed E-state index contributed by atoms with van der Waals surface area (Å²) in [5.74, 6) is -0.335. The number of aromatic nitrogens is 2. The second kappa shape index (κ2) is 5.64. The largest absolute Gasteiger partial charge is 0.507 e. The van der Waals surface area contributed by atoms with Crippen molar-refractivity contribution in [2.75, 3.05) is 5.32 Å². The van der Waals surface area contributed by atoms with Crippen molar-refractivity contribution in [3.63, 3.8) is 0 Å². The molecule has 1 aromatic carbocycles. The Hall–Kier alpha value is -1.85. The Labute approximate surface area is 125 Å². The number of amides is 1. The fourth-order valence-corrected chi connectivity index (χ4v) is 2.00. The fraction of sp³-hybridized carbons (Fsp3) is 0.154. The Balaban J connectivity index is 2.33. The maximum absolute atomic E-state index is 12.1. The number of nitrogens with one attached hydrogen (secondary N) is 1. The molecule has 1 heterocycles. The van der Waals surface area contributed by atoms with Gasteiger partial charge in [-0.15, -0.1) is 10.2 Å². The summed E-state index contributed by atoms with van der Waals surface area (Å²) in [6, 6.07) is 4.74. The van der Waals surface area contributed by atoms with Crippen LogP contribution in [-0.2, 0) is 0 Å². The maximum atomic E-state index is 12.1. The number of aromatic hydroxyl groups is 1. The summed E-state index contributed by atoms with van der Waals surface area (Å²) in [6.07, 6.45) is 0. The van der Waals surface area contributed by atoms with E-state index < -0.39 is 5.91 Å². The summed E-state index contributed by atoms with van der Waals surface area (Å²) < 4.78 is 0. The van der Waals surface area contributed by atoms with Gasteiger partial charge in [-0.25, -0.2) is 0 Å². The summed E-state index contributed by atoms with van der Waals surface area (Å²) in [6.45, 7) is 3.48. The molecule has 2 aromatic rings. The molecule has 2 rings (SSSR count). The molecule has 0 spiro atoms. The highest BCUT2D eigenvalue weighted by atomic mass is 35.5. The normalized spacial score (nSPS) is 10.4. The van der Waals surface area contributed by atoms with E-state index in [-0.39, 0.29) is 21.6 Å². The molecule has 5 nitrogen and oxygen atoms in total. The van der Waals surface area contributed by atoms with Crippen LogP contribution in [0.3, 0.4) is 0 Å². The van der Waals surface area contributed by atoms with Crippen molar-refractivity contribution in [1.29, 1.82) is 0 Å². The van der Waals surface area contributed by atoms with E-state index in [1.165, 1.54) is 6.07 Å². The monoisotopic (exact) mass is 311 g/mol. The molecular formula is C13H11Cl2N3O2. The van der Waals surface area contributed by atoms with Gasteiger partial charge in [0.15, 0.2) is 10.3 Å². The first-order valence-electron chi connectivity index (χ1n) is 5.69. The first kappa shape index (κ1) is 14.6. The lowest BCUT2D eigenvalue weighted by Gasteiger charge is -2.11. The molecule has 0 unspecified atom stereocenters. The van der Waals surface area contributed by atoms with Crippen molar-refractivity contribution in [1.82, 2.24) is 10.2 Å². The van der Waals surface area contributed by atoms with E-state index in [9.17, 15) is 9.90 Å². The van der Waals surface area contributed by atoms with Crippen LogP contribution in [0.15, 0.2) is 18.2 Å². The molecule has 0 fully saturated rings. The standard InChI is InChI=1S/C13H11Cl2N3O2/c1-6-3-4-9(7(2)11(6)19)16-13(20)8-5-10(14)17-18-12(8)15/h3-5,19H,1-2H3,(H,16,20). The highest BCUT2D eigenvalue weighted by Crippen LogP contribution is 2.28. The lowest BCUT2D eigenvalue weighted by atomic mass is 10.1. The fourth-order valence-electron chi connectivity index (χ4n) is 1.67. The van der Waals surface area contributed by atoms with Gasteiger partial charge in [0.05, 0.1) is 5.56 Å². The molecule has 1 amide bonds. The van der Waals surface area contributed by atoms with Crippen LogP contribution in [0.25, 0.3) is 0 Å². The highest BCUT2D eigenvalue weighted by Gasteiger charge is 2.15. The van der Waals surface area contributed by atoms with E-state index in [2.05, 4.69) is 15.5 Å². The number of carbonyl (C=O) groups excluding carboxylic acids is 1. The molecule has 0 saturated carbocycles. The lowest BCUT2D eigenvalue weighted by molar-refractivity contribution is 0.102. The first-order valence-corrected chi connectivity index (χ1v) is 6.45. The minimum atomic E-state index is -0.474.